The summed E-state index contributed by atoms with van der Waals surface area (Å²) in [5, 5.41) is 12.4. The van der Waals surface area contributed by atoms with Gasteiger partial charge in [0.25, 0.3) is 0 Å². The highest BCUT2D eigenvalue weighted by molar-refractivity contribution is 5.88. The molecule has 0 aliphatic carbocycles. The number of amides is 1. The number of hydrazine groups is 1. The fourth-order valence-corrected chi connectivity index (χ4v) is 4.35. The van der Waals surface area contributed by atoms with E-state index in [4.69, 9.17) is 0 Å². The van der Waals surface area contributed by atoms with Crippen LogP contribution in [0.5, 0.6) is 0 Å². The number of pyridine rings is 1. The summed E-state index contributed by atoms with van der Waals surface area (Å²) >= 11 is 0. The van der Waals surface area contributed by atoms with E-state index in [9.17, 15) is 14.9 Å². The number of nitro groups is 1. The Morgan fingerprint density at radius 3 is 1.98 bits per heavy atom. The second kappa shape index (κ2) is 12.3. The Morgan fingerprint density at radius 2 is 1.40 bits per heavy atom. The first-order valence-corrected chi connectivity index (χ1v) is 12.5. The zero-order valence-corrected chi connectivity index (χ0v) is 21.3. The molecule has 1 amide bonds. The van der Waals surface area contributed by atoms with Gasteiger partial charge in [-0.05, 0) is 28.8 Å². The van der Waals surface area contributed by atoms with Crippen molar-refractivity contribution in [3.8, 4) is 0 Å². The highest BCUT2D eigenvalue weighted by atomic mass is 16.6. The summed E-state index contributed by atoms with van der Waals surface area (Å²) in [6.07, 6.45) is 2.82. The van der Waals surface area contributed by atoms with Crippen LogP contribution in [0.1, 0.15) is 22.6 Å². The van der Waals surface area contributed by atoms with Crippen LogP contribution in [0.3, 0.4) is 0 Å². The van der Waals surface area contributed by atoms with E-state index in [-0.39, 0.29) is 18.2 Å². The molecular weight excluding hydrogens is 506 g/mol. The largest absolute Gasteiger partial charge is 0.355 e. The second-order valence-corrected chi connectivity index (χ2v) is 8.78. The average Bonchev–Trinajstić information content (AvgIpc) is 3.01. The van der Waals surface area contributed by atoms with Gasteiger partial charge in [0.15, 0.2) is 0 Å². The van der Waals surface area contributed by atoms with Gasteiger partial charge in [-0.25, -0.2) is 15.0 Å². The number of hydrogen-bond donors (Lipinski definition) is 2. The van der Waals surface area contributed by atoms with E-state index in [1.54, 1.807) is 29.3 Å². The Hall–Kier alpha value is -5.64. The van der Waals surface area contributed by atoms with Gasteiger partial charge in [0, 0.05) is 6.20 Å². The molecule has 0 fully saturated rings. The normalized spacial score (nSPS) is 10.6. The molecule has 2 aromatic heterocycles. The zero-order valence-electron chi connectivity index (χ0n) is 21.3. The third-order valence-electron chi connectivity index (χ3n) is 6.18. The predicted octanol–water partition coefficient (Wildman–Crippen LogP) is 5.39. The first-order chi connectivity index (χ1) is 19.6. The van der Waals surface area contributed by atoms with Crippen molar-refractivity contribution in [2.75, 3.05) is 10.3 Å². The Bertz CT molecular complexity index is 1530. The molecule has 0 saturated heterocycles. The van der Waals surface area contributed by atoms with Gasteiger partial charge < -0.3 is 4.90 Å². The van der Waals surface area contributed by atoms with Gasteiger partial charge in [0.2, 0.25) is 17.5 Å². The predicted molar refractivity (Wildman–Crippen MR) is 152 cm³/mol. The van der Waals surface area contributed by atoms with Crippen LogP contribution in [0.2, 0.25) is 0 Å². The number of nitrogens with zero attached hydrogens (tertiary/aromatic N) is 5. The van der Waals surface area contributed by atoms with Gasteiger partial charge in [-0.1, -0.05) is 97.1 Å². The highest BCUT2D eigenvalue weighted by Gasteiger charge is 2.30. The molecule has 0 aliphatic rings. The minimum absolute atomic E-state index is 0.0296. The Balaban J connectivity index is 1.48. The van der Waals surface area contributed by atoms with E-state index in [1.165, 1.54) is 6.33 Å². The van der Waals surface area contributed by atoms with Crippen molar-refractivity contribution in [3.63, 3.8) is 0 Å². The summed E-state index contributed by atoms with van der Waals surface area (Å²) in [6, 6.07) is 33.4. The van der Waals surface area contributed by atoms with Crippen LogP contribution in [-0.4, -0.2) is 25.8 Å². The van der Waals surface area contributed by atoms with Crippen LogP contribution in [0.4, 0.5) is 23.1 Å². The summed E-state index contributed by atoms with van der Waals surface area (Å²) < 4.78 is 0. The molecule has 198 valence electrons. The number of benzene rings is 3. The molecule has 0 unspecified atom stereocenters. The molecule has 40 heavy (non-hydrogen) atoms. The van der Waals surface area contributed by atoms with E-state index in [2.05, 4.69) is 25.8 Å². The topological polar surface area (TPSA) is 126 Å². The van der Waals surface area contributed by atoms with E-state index < -0.39 is 22.4 Å². The standard InChI is InChI=1S/C30H25N7O3/c38-30(26(23-14-6-2-7-15-23)24-16-8-3-9-17-24)35-34-28-27(37(39)40)29(33-21-32-28)36(25-18-10-11-19-31-25)20-22-12-4-1-5-13-22/h1-19,21,26H,20H2,(H,35,38)(H,32,33,34). The minimum Gasteiger partial charge on any atom is -0.301 e. The van der Waals surface area contributed by atoms with E-state index in [0.717, 1.165) is 16.7 Å². The first kappa shape index (κ1) is 26.0. The lowest BCUT2D eigenvalue weighted by Gasteiger charge is -2.23. The number of rotatable bonds is 10. The molecule has 0 bridgehead atoms. The van der Waals surface area contributed by atoms with Gasteiger partial charge in [-0.2, -0.15) is 0 Å². The smallest absolute Gasteiger partial charge is 0.301 e. The molecule has 10 heteroatoms. The molecular formula is C30H25N7O3. The number of aromatic nitrogens is 3. The van der Waals surface area contributed by atoms with E-state index in [0.29, 0.717) is 5.82 Å². The maximum atomic E-state index is 13.5. The van der Waals surface area contributed by atoms with Gasteiger partial charge in [0.1, 0.15) is 12.1 Å². The average molecular weight is 532 g/mol. The van der Waals surface area contributed by atoms with Gasteiger partial charge >= 0.3 is 5.69 Å². The first-order valence-electron chi connectivity index (χ1n) is 12.5. The SMILES string of the molecule is O=C(NNc1ncnc(N(Cc2ccccc2)c2ccccn2)c1[N+](=O)[O-])C(c1ccccc1)c1ccccc1. The van der Waals surface area contributed by atoms with E-state index >= 15 is 0 Å². The van der Waals surface area contributed by atoms with Crippen molar-refractivity contribution in [2.45, 2.75) is 12.5 Å². The molecule has 2 heterocycles. The van der Waals surface area contributed by atoms with Crippen molar-refractivity contribution < 1.29 is 9.72 Å². The Labute approximate surface area is 230 Å². The molecule has 10 nitrogen and oxygen atoms in total. The van der Waals surface area contributed by atoms with Gasteiger partial charge in [-0.15, -0.1) is 0 Å². The third-order valence-corrected chi connectivity index (χ3v) is 6.18. The van der Waals surface area contributed by atoms with Crippen molar-refractivity contribution in [3.05, 3.63) is 149 Å². The zero-order chi connectivity index (χ0) is 27.7. The third kappa shape index (κ3) is 5.91. The molecule has 5 rings (SSSR count). The number of anilines is 3. The number of hydrogen-bond acceptors (Lipinski definition) is 8. The van der Waals surface area contributed by atoms with Crippen molar-refractivity contribution >= 4 is 29.0 Å². The minimum atomic E-state index is -0.654. The lowest BCUT2D eigenvalue weighted by molar-refractivity contribution is -0.383. The number of carbonyl (C=O) groups is 1. The summed E-state index contributed by atoms with van der Waals surface area (Å²) in [5.74, 6) is -0.716. The Kier molecular flexibility index (Phi) is 7.97. The summed E-state index contributed by atoms with van der Waals surface area (Å²) in [5.41, 5.74) is 7.36. The summed E-state index contributed by atoms with van der Waals surface area (Å²) in [4.78, 5) is 39.7. The van der Waals surface area contributed by atoms with Gasteiger partial charge in [-0.3, -0.25) is 25.8 Å². The van der Waals surface area contributed by atoms with E-state index in [1.807, 2.05) is 91.0 Å². The monoisotopic (exact) mass is 531 g/mol. The highest BCUT2D eigenvalue weighted by Crippen LogP contribution is 2.36. The van der Waals surface area contributed by atoms with Crippen LogP contribution in [0.25, 0.3) is 0 Å². The van der Waals surface area contributed by atoms with Crippen LogP contribution in [-0.2, 0) is 11.3 Å². The molecule has 0 saturated carbocycles. The molecule has 5 aromatic rings. The molecule has 2 N–H and O–H groups in total. The maximum absolute atomic E-state index is 13.5. The molecule has 0 radical (unpaired) electrons. The van der Waals surface area contributed by atoms with Crippen molar-refractivity contribution in [2.24, 2.45) is 0 Å². The van der Waals surface area contributed by atoms with Crippen molar-refractivity contribution in [1.82, 2.24) is 20.4 Å². The molecule has 3 aromatic carbocycles. The number of carbonyl (C=O) groups excluding carboxylic acids is 1. The van der Waals surface area contributed by atoms with Crippen LogP contribution in [0, 0.1) is 10.1 Å². The fraction of sp³-hybridized carbons (Fsp3) is 0.0667. The van der Waals surface area contributed by atoms with Gasteiger partial charge in [0.05, 0.1) is 17.4 Å². The summed E-state index contributed by atoms with van der Waals surface area (Å²) in [7, 11) is 0. The Morgan fingerprint density at radius 1 is 0.800 bits per heavy atom. The number of nitrogens with one attached hydrogen (secondary N) is 2. The lowest BCUT2D eigenvalue weighted by atomic mass is 9.91. The second-order valence-electron chi connectivity index (χ2n) is 8.78. The maximum Gasteiger partial charge on any atom is 0.355 e. The summed E-state index contributed by atoms with van der Waals surface area (Å²) in [6.45, 7) is 0.269. The molecule has 0 aliphatic heterocycles. The van der Waals surface area contributed by atoms with Crippen molar-refractivity contribution in [1.29, 1.82) is 0 Å². The molecule has 0 atom stereocenters. The van der Waals surface area contributed by atoms with Crippen LogP contribution >= 0.6 is 0 Å². The quantitative estimate of drug-likeness (QED) is 0.181. The fourth-order valence-electron chi connectivity index (χ4n) is 4.35. The van der Waals surface area contributed by atoms with Crippen LogP contribution in [0.15, 0.2) is 122 Å². The molecule has 0 spiro atoms. The lowest BCUT2D eigenvalue weighted by Crippen LogP contribution is -2.35. The van der Waals surface area contributed by atoms with Crippen LogP contribution < -0.4 is 15.8 Å².